The lowest BCUT2D eigenvalue weighted by molar-refractivity contribution is 0.434. The van der Waals surface area contributed by atoms with Crippen LogP contribution >= 0.6 is 11.3 Å². The summed E-state index contributed by atoms with van der Waals surface area (Å²) < 4.78 is 0. The van der Waals surface area contributed by atoms with E-state index < -0.39 is 0 Å². The molecule has 1 aliphatic carbocycles. The molecule has 3 heteroatoms. The van der Waals surface area contributed by atoms with Crippen molar-refractivity contribution in [1.82, 2.24) is 5.32 Å². The highest BCUT2D eigenvalue weighted by Gasteiger charge is 2.24. The molecular weight excluding hydrogens is 228 g/mol. The third-order valence-corrected chi connectivity index (χ3v) is 4.80. The van der Waals surface area contributed by atoms with Gasteiger partial charge >= 0.3 is 0 Å². The molecule has 0 spiro atoms. The van der Waals surface area contributed by atoms with E-state index in [9.17, 15) is 0 Å². The molecule has 0 aliphatic heterocycles. The summed E-state index contributed by atoms with van der Waals surface area (Å²) in [6, 6.07) is 3.30. The molecule has 0 radical (unpaired) electrons. The fraction of sp³-hybridized carbons (Fsp3) is 0.714. The highest BCUT2D eigenvalue weighted by atomic mass is 32.1. The number of nitrogens with two attached hydrogens (primary N) is 1. The van der Waals surface area contributed by atoms with Crippen LogP contribution in [0.3, 0.4) is 0 Å². The molecule has 0 aromatic carbocycles. The molecule has 1 aromatic heterocycles. The lowest BCUT2D eigenvalue weighted by Crippen LogP contribution is -2.35. The van der Waals surface area contributed by atoms with Crippen molar-refractivity contribution in [2.75, 3.05) is 6.54 Å². The van der Waals surface area contributed by atoms with Gasteiger partial charge < -0.3 is 11.1 Å². The molecule has 1 heterocycles. The van der Waals surface area contributed by atoms with Gasteiger partial charge in [-0.2, -0.15) is 0 Å². The molecule has 3 unspecified atom stereocenters. The van der Waals surface area contributed by atoms with Crippen molar-refractivity contribution in [2.45, 2.75) is 52.1 Å². The van der Waals surface area contributed by atoms with Gasteiger partial charge in [-0.15, -0.1) is 11.3 Å². The van der Waals surface area contributed by atoms with E-state index in [2.05, 4.69) is 32.2 Å². The number of rotatable bonds is 4. The lowest BCUT2D eigenvalue weighted by Gasteiger charge is -2.22. The highest BCUT2D eigenvalue weighted by Crippen LogP contribution is 2.30. The maximum Gasteiger partial charge on any atom is 0.0457 e. The van der Waals surface area contributed by atoms with E-state index in [-0.39, 0.29) is 0 Å². The van der Waals surface area contributed by atoms with Crippen LogP contribution in [0, 0.1) is 19.8 Å². The topological polar surface area (TPSA) is 38.0 Å². The molecule has 1 saturated carbocycles. The van der Waals surface area contributed by atoms with E-state index in [0.29, 0.717) is 18.6 Å². The van der Waals surface area contributed by atoms with E-state index in [0.717, 1.165) is 5.92 Å². The Kier molecular flexibility index (Phi) is 4.23. The Morgan fingerprint density at radius 2 is 2.24 bits per heavy atom. The predicted octanol–water partition coefficient (Wildman–Crippen LogP) is 3.14. The van der Waals surface area contributed by atoms with Gasteiger partial charge in [-0.1, -0.05) is 6.92 Å². The Bertz CT molecular complexity index is 372. The molecule has 1 aromatic rings. The summed E-state index contributed by atoms with van der Waals surface area (Å²) in [4.78, 5) is 2.80. The second kappa shape index (κ2) is 5.51. The van der Waals surface area contributed by atoms with E-state index in [4.69, 9.17) is 5.73 Å². The minimum absolute atomic E-state index is 0.343. The van der Waals surface area contributed by atoms with Crippen molar-refractivity contribution in [2.24, 2.45) is 11.7 Å². The fourth-order valence-corrected chi connectivity index (χ4v) is 3.91. The third-order valence-electron chi connectivity index (χ3n) is 3.82. The summed E-state index contributed by atoms with van der Waals surface area (Å²) in [6.45, 7) is 7.42. The Morgan fingerprint density at radius 1 is 1.47 bits per heavy atom. The van der Waals surface area contributed by atoms with Crippen molar-refractivity contribution in [3.63, 3.8) is 0 Å². The summed E-state index contributed by atoms with van der Waals surface area (Å²) in [6.07, 6.45) is 3.97. The smallest absolute Gasteiger partial charge is 0.0457 e. The molecule has 17 heavy (non-hydrogen) atoms. The summed E-state index contributed by atoms with van der Waals surface area (Å²) >= 11 is 1.88. The van der Waals surface area contributed by atoms with Crippen LogP contribution < -0.4 is 11.1 Å². The van der Waals surface area contributed by atoms with Gasteiger partial charge in [-0.3, -0.25) is 0 Å². The zero-order chi connectivity index (χ0) is 12.4. The lowest BCUT2D eigenvalue weighted by atomic mass is 10.1. The van der Waals surface area contributed by atoms with Crippen molar-refractivity contribution in [3.05, 3.63) is 21.4 Å². The number of nitrogens with one attached hydrogen (secondary N) is 1. The first-order valence-corrected chi connectivity index (χ1v) is 7.44. The number of aryl methyl sites for hydroxylation is 2. The highest BCUT2D eigenvalue weighted by molar-refractivity contribution is 7.12. The normalized spacial score (nSPS) is 26.4. The molecule has 2 rings (SSSR count). The summed E-state index contributed by atoms with van der Waals surface area (Å²) in [5.41, 5.74) is 7.35. The average Bonchev–Trinajstić information content (AvgIpc) is 2.82. The minimum Gasteiger partial charge on any atom is -0.329 e. The number of thiophene rings is 1. The third kappa shape index (κ3) is 3.09. The van der Waals surface area contributed by atoms with Crippen molar-refractivity contribution in [3.8, 4) is 0 Å². The van der Waals surface area contributed by atoms with Crippen LogP contribution in [0.25, 0.3) is 0 Å². The Hall–Kier alpha value is -0.380. The molecule has 0 bridgehead atoms. The van der Waals surface area contributed by atoms with Crippen LogP contribution in [0.2, 0.25) is 0 Å². The molecule has 3 atom stereocenters. The molecule has 3 N–H and O–H groups in total. The second-order valence-corrected chi connectivity index (χ2v) is 6.90. The minimum atomic E-state index is 0.343. The molecule has 1 fully saturated rings. The first-order chi connectivity index (χ1) is 8.10. The predicted molar refractivity (Wildman–Crippen MR) is 75.5 cm³/mol. The summed E-state index contributed by atoms with van der Waals surface area (Å²) in [5.74, 6) is 0.872. The first-order valence-electron chi connectivity index (χ1n) is 6.63. The van der Waals surface area contributed by atoms with Crippen molar-refractivity contribution >= 4 is 11.3 Å². The van der Waals surface area contributed by atoms with E-state index in [1.165, 1.54) is 34.6 Å². The maximum atomic E-state index is 5.94. The van der Waals surface area contributed by atoms with Crippen molar-refractivity contribution < 1.29 is 0 Å². The Morgan fingerprint density at radius 3 is 2.71 bits per heavy atom. The molecule has 0 saturated heterocycles. The van der Waals surface area contributed by atoms with Gasteiger partial charge in [0.05, 0.1) is 0 Å². The van der Waals surface area contributed by atoms with Crippen molar-refractivity contribution in [1.29, 1.82) is 0 Å². The Balaban J connectivity index is 2.04. The van der Waals surface area contributed by atoms with Crippen LogP contribution in [0.4, 0.5) is 0 Å². The second-order valence-electron chi connectivity index (χ2n) is 5.44. The monoisotopic (exact) mass is 252 g/mol. The molecular formula is C14H24N2S. The van der Waals surface area contributed by atoms with E-state index >= 15 is 0 Å². The molecule has 1 aliphatic rings. The maximum absolute atomic E-state index is 5.94. The number of hydrogen-bond acceptors (Lipinski definition) is 3. The van der Waals surface area contributed by atoms with Gasteiger partial charge in [0.1, 0.15) is 0 Å². The zero-order valence-electron chi connectivity index (χ0n) is 11.1. The largest absolute Gasteiger partial charge is 0.329 e. The van der Waals surface area contributed by atoms with E-state index in [1.54, 1.807) is 0 Å². The van der Waals surface area contributed by atoms with Crippen LogP contribution in [0.5, 0.6) is 0 Å². The van der Waals surface area contributed by atoms with E-state index in [1.807, 2.05) is 11.3 Å². The van der Waals surface area contributed by atoms with Crippen LogP contribution in [0.15, 0.2) is 6.07 Å². The SMILES string of the molecule is Cc1cc(C(CN)NC2CCC(C)C2)c(C)s1. The van der Waals surface area contributed by atoms with Gasteiger partial charge in [-0.05, 0) is 50.7 Å². The summed E-state index contributed by atoms with van der Waals surface area (Å²) in [7, 11) is 0. The van der Waals surface area contributed by atoms with Crippen LogP contribution in [-0.4, -0.2) is 12.6 Å². The molecule has 2 nitrogen and oxygen atoms in total. The first kappa shape index (κ1) is 13.1. The number of hydrogen-bond donors (Lipinski definition) is 2. The van der Waals surface area contributed by atoms with Crippen LogP contribution in [0.1, 0.15) is 47.5 Å². The fourth-order valence-electron chi connectivity index (χ4n) is 2.92. The van der Waals surface area contributed by atoms with Gasteiger partial charge in [0.25, 0.3) is 0 Å². The van der Waals surface area contributed by atoms with Gasteiger partial charge in [0.15, 0.2) is 0 Å². The van der Waals surface area contributed by atoms with Gasteiger partial charge in [0.2, 0.25) is 0 Å². The molecule has 0 amide bonds. The van der Waals surface area contributed by atoms with Gasteiger partial charge in [0, 0.05) is 28.4 Å². The quantitative estimate of drug-likeness (QED) is 0.864. The van der Waals surface area contributed by atoms with Crippen LogP contribution in [-0.2, 0) is 0 Å². The average molecular weight is 252 g/mol. The summed E-state index contributed by atoms with van der Waals surface area (Å²) in [5, 5.41) is 3.75. The molecule has 96 valence electrons. The van der Waals surface area contributed by atoms with Gasteiger partial charge in [-0.25, -0.2) is 0 Å². The standard InChI is InChI=1S/C14H24N2S/c1-9-4-5-12(6-9)16-14(8-15)13-7-10(2)17-11(13)3/h7,9,12,14,16H,4-6,8,15H2,1-3H3. The zero-order valence-corrected chi connectivity index (χ0v) is 11.9. The Labute approximate surface area is 109 Å².